The van der Waals surface area contributed by atoms with E-state index in [0.29, 0.717) is 10.0 Å². The van der Waals surface area contributed by atoms with Gasteiger partial charge in [0.15, 0.2) is 5.84 Å². The predicted molar refractivity (Wildman–Crippen MR) is 49.0 cm³/mol. The molecule has 0 unspecified atom stereocenters. The van der Waals surface area contributed by atoms with E-state index in [1.807, 2.05) is 6.92 Å². The highest BCUT2D eigenvalue weighted by Gasteiger charge is 2.13. The maximum absolute atomic E-state index is 8.42. The fourth-order valence-electron chi connectivity index (χ4n) is 0.843. The lowest BCUT2D eigenvalue weighted by molar-refractivity contribution is 0.318. The van der Waals surface area contributed by atoms with Gasteiger partial charge in [-0.25, -0.2) is 0 Å². The molecule has 0 aliphatic carbocycles. The molecule has 1 rings (SSSR count). The first-order chi connectivity index (χ1) is 5.70. The minimum atomic E-state index is 0.0660. The molecule has 66 valence electrons. The van der Waals surface area contributed by atoms with Crippen LogP contribution in [0, 0.1) is 0 Å². The van der Waals surface area contributed by atoms with Gasteiger partial charge in [0, 0.05) is 5.56 Å². The van der Waals surface area contributed by atoms with Crippen LogP contribution in [0.25, 0.3) is 0 Å². The average Bonchev–Trinajstić information content (AvgIpc) is 2.45. The minimum Gasteiger partial charge on any atom is -0.409 e. The Morgan fingerprint density at radius 2 is 2.50 bits per heavy atom. The van der Waals surface area contributed by atoms with Crippen LogP contribution < -0.4 is 5.73 Å². The molecule has 1 heterocycles. The molecule has 1 aromatic rings. The Bertz CT molecular complexity index is 310. The highest BCUT2D eigenvalue weighted by atomic mass is 35.5. The smallest absolute Gasteiger partial charge is 0.182 e. The zero-order valence-electron chi connectivity index (χ0n) is 6.41. The van der Waals surface area contributed by atoms with Crippen LogP contribution in [0.5, 0.6) is 0 Å². The van der Waals surface area contributed by atoms with Crippen molar-refractivity contribution in [1.29, 1.82) is 0 Å². The summed E-state index contributed by atoms with van der Waals surface area (Å²) in [6.07, 6.45) is 0.723. The Kier molecular flexibility index (Phi) is 2.88. The summed E-state index contributed by atoms with van der Waals surface area (Å²) in [6, 6.07) is 0. The molecule has 0 saturated carbocycles. The second-order valence-electron chi connectivity index (χ2n) is 2.12. The number of aromatic nitrogens is 1. The van der Waals surface area contributed by atoms with Crippen molar-refractivity contribution in [2.24, 2.45) is 10.9 Å². The summed E-state index contributed by atoms with van der Waals surface area (Å²) in [4.78, 5) is 0.644. The average molecular weight is 206 g/mol. The van der Waals surface area contributed by atoms with Crippen molar-refractivity contribution < 1.29 is 5.21 Å². The first-order valence-corrected chi connectivity index (χ1v) is 4.47. The molecule has 3 N–H and O–H groups in total. The highest BCUT2D eigenvalue weighted by molar-refractivity contribution is 7.08. The maximum Gasteiger partial charge on any atom is 0.182 e. The summed E-state index contributed by atoms with van der Waals surface area (Å²) < 4.78 is 3.89. The Labute approximate surface area is 78.8 Å². The monoisotopic (exact) mass is 205 g/mol. The van der Waals surface area contributed by atoms with E-state index in [9.17, 15) is 0 Å². The molecule has 6 heteroatoms. The van der Waals surface area contributed by atoms with E-state index >= 15 is 0 Å². The predicted octanol–water partition coefficient (Wildman–Crippen LogP) is 1.45. The molecule has 0 atom stereocenters. The quantitative estimate of drug-likeness (QED) is 0.332. The summed E-state index contributed by atoms with van der Waals surface area (Å²) in [5.41, 5.74) is 6.23. The van der Waals surface area contributed by atoms with Gasteiger partial charge in [-0.3, -0.25) is 0 Å². The molecule has 0 fully saturated rings. The lowest BCUT2D eigenvalue weighted by atomic mass is 10.2. The number of hydrogen-bond acceptors (Lipinski definition) is 4. The zero-order chi connectivity index (χ0) is 9.14. The van der Waals surface area contributed by atoms with E-state index in [1.54, 1.807) is 0 Å². The van der Waals surface area contributed by atoms with E-state index in [-0.39, 0.29) is 5.84 Å². The molecular weight excluding hydrogens is 198 g/mol. The first-order valence-electron chi connectivity index (χ1n) is 3.32. The topological polar surface area (TPSA) is 71.5 Å². The Morgan fingerprint density at radius 1 is 1.83 bits per heavy atom. The summed E-state index contributed by atoms with van der Waals surface area (Å²) >= 11 is 6.89. The van der Waals surface area contributed by atoms with Crippen molar-refractivity contribution in [3.8, 4) is 0 Å². The molecule has 0 bridgehead atoms. The van der Waals surface area contributed by atoms with Gasteiger partial charge in [-0.15, -0.1) is 0 Å². The molecule has 0 radical (unpaired) electrons. The fourth-order valence-corrected chi connectivity index (χ4v) is 2.00. The SMILES string of the molecule is CCc1c(Cl)nsc1/C(N)=N/O. The largest absolute Gasteiger partial charge is 0.409 e. The van der Waals surface area contributed by atoms with Crippen molar-refractivity contribution in [2.45, 2.75) is 13.3 Å². The summed E-state index contributed by atoms with van der Waals surface area (Å²) in [7, 11) is 0. The number of rotatable bonds is 2. The molecule has 0 saturated heterocycles. The van der Waals surface area contributed by atoms with E-state index in [4.69, 9.17) is 22.5 Å². The third-order valence-electron chi connectivity index (χ3n) is 1.43. The summed E-state index contributed by atoms with van der Waals surface area (Å²) in [5, 5.41) is 11.7. The fraction of sp³-hybridized carbons (Fsp3) is 0.333. The van der Waals surface area contributed by atoms with Gasteiger partial charge in [0.05, 0.1) is 4.88 Å². The maximum atomic E-state index is 8.42. The lowest BCUT2D eigenvalue weighted by Crippen LogP contribution is -2.12. The highest BCUT2D eigenvalue weighted by Crippen LogP contribution is 2.23. The van der Waals surface area contributed by atoms with E-state index in [0.717, 1.165) is 23.5 Å². The van der Waals surface area contributed by atoms with Crippen molar-refractivity contribution in [3.63, 3.8) is 0 Å². The molecule has 0 aromatic carbocycles. The second kappa shape index (κ2) is 3.73. The van der Waals surface area contributed by atoms with Gasteiger partial charge in [-0.2, -0.15) is 4.37 Å². The molecule has 12 heavy (non-hydrogen) atoms. The van der Waals surface area contributed by atoms with Gasteiger partial charge < -0.3 is 10.9 Å². The molecule has 1 aromatic heterocycles. The summed E-state index contributed by atoms with van der Waals surface area (Å²) in [6.45, 7) is 1.93. The van der Waals surface area contributed by atoms with Gasteiger partial charge in [0.2, 0.25) is 0 Å². The normalized spacial score (nSPS) is 12.0. The van der Waals surface area contributed by atoms with Crippen LogP contribution in [0.4, 0.5) is 0 Å². The number of hydrogen-bond donors (Lipinski definition) is 2. The van der Waals surface area contributed by atoms with Gasteiger partial charge >= 0.3 is 0 Å². The number of amidine groups is 1. The van der Waals surface area contributed by atoms with Gasteiger partial charge in [0.1, 0.15) is 5.15 Å². The summed E-state index contributed by atoms with van der Waals surface area (Å²) in [5.74, 6) is 0.0660. The zero-order valence-corrected chi connectivity index (χ0v) is 7.98. The number of nitrogens with zero attached hydrogens (tertiary/aromatic N) is 2. The molecular formula is C6H8ClN3OS. The number of oxime groups is 1. The molecule has 0 spiro atoms. The molecule has 0 aliphatic rings. The Hall–Kier alpha value is -0.810. The van der Waals surface area contributed by atoms with Crippen LogP contribution in [-0.2, 0) is 6.42 Å². The molecule has 0 amide bonds. The lowest BCUT2D eigenvalue weighted by Gasteiger charge is -1.96. The standard InChI is InChI=1S/C6H8ClN3OS/c1-2-3-4(6(8)9-11)12-10-5(3)7/h11H,2H2,1H3,(H2,8,9). The Morgan fingerprint density at radius 3 is 3.00 bits per heavy atom. The van der Waals surface area contributed by atoms with Gasteiger partial charge in [-0.1, -0.05) is 23.7 Å². The second-order valence-corrected chi connectivity index (χ2v) is 3.25. The van der Waals surface area contributed by atoms with Crippen LogP contribution in [-0.4, -0.2) is 15.4 Å². The molecule has 0 aliphatic heterocycles. The van der Waals surface area contributed by atoms with Crippen molar-refractivity contribution in [3.05, 3.63) is 15.6 Å². The van der Waals surface area contributed by atoms with Crippen LogP contribution in [0.15, 0.2) is 5.16 Å². The third-order valence-corrected chi connectivity index (χ3v) is 2.76. The van der Waals surface area contributed by atoms with Gasteiger partial charge in [-0.05, 0) is 18.0 Å². The van der Waals surface area contributed by atoms with E-state index in [2.05, 4.69) is 9.53 Å². The van der Waals surface area contributed by atoms with Crippen LogP contribution in [0.1, 0.15) is 17.4 Å². The minimum absolute atomic E-state index is 0.0660. The van der Waals surface area contributed by atoms with Crippen molar-refractivity contribution in [1.82, 2.24) is 4.37 Å². The van der Waals surface area contributed by atoms with Crippen LogP contribution in [0.3, 0.4) is 0 Å². The third kappa shape index (κ3) is 1.51. The van der Waals surface area contributed by atoms with Crippen molar-refractivity contribution in [2.75, 3.05) is 0 Å². The molecule has 4 nitrogen and oxygen atoms in total. The van der Waals surface area contributed by atoms with E-state index in [1.165, 1.54) is 0 Å². The number of nitrogens with two attached hydrogens (primary N) is 1. The van der Waals surface area contributed by atoms with Crippen LogP contribution in [0.2, 0.25) is 5.15 Å². The van der Waals surface area contributed by atoms with Crippen molar-refractivity contribution >= 4 is 29.0 Å². The Balaban J connectivity index is 3.16. The van der Waals surface area contributed by atoms with Crippen LogP contribution >= 0.6 is 23.1 Å². The first kappa shape index (κ1) is 9.28. The van der Waals surface area contributed by atoms with Gasteiger partial charge in [0.25, 0.3) is 0 Å². The number of halogens is 1. The van der Waals surface area contributed by atoms with E-state index < -0.39 is 0 Å².